The van der Waals surface area contributed by atoms with E-state index < -0.39 is 18.0 Å². The number of para-hydroxylation sites is 1. The van der Waals surface area contributed by atoms with Crippen molar-refractivity contribution in [3.05, 3.63) is 52.5 Å². The molecule has 0 aromatic heterocycles. The lowest BCUT2D eigenvalue weighted by Gasteiger charge is -2.34. The topological polar surface area (TPSA) is 114 Å². The average molecular weight is 549 g/mol. The Bertz CT molecular complexity index is 1130. The van der Waals surface area contributed by atoms with Gasteiger partial charge in [0.1, 0.15) is 24.1 Å². The molecule has 0 radical (unpaired) electrons. The van der Waals surface area contributed by atoms with Crippen molar-refractivity contribution in [2.45, 2.75) is 46.6 Å². The largest absolute Gasteiger partial charge is 0.496 e. The summed E-state index contributed by atoms with van der Waals surface area (Å²) in [4.78, 5) is 39.0. The van der Waals surface area contributed by atoms with Gasteiger partial charge in [0.05, 0.1) is 26.5 Å². The smallest absolute Gasteiger partial charge is 0.325 e. The van der Waals surface area contributed by atoms with E-state index >= 15 is 0 Å². The van der Waals surface area contributed by atoms with Crippen LogP contribution in [0.25, 0.3) is 0 Å². The minimum Gasteiger partial charge on any atom is -0.496 e. The molecule has 0 saturated heterocycles. The number of halogens is 1. The third-order valence-corrected chi connectivity index (χ3v) is 5.74. The normalized spacial score (nSPS) is 11.9. The molecule has 0 fully saturated rings. The third-order valence-electron chi connectivity index (χ3n) is 5.52. The monoisotopic (exact) mass is 548 g/mol. The van der Waals surface area contributed by atoms with Gasteiger partial charge in [0.2, 0.25) is 11.8 Å². The van der Waals surface area contributed by atoms with Crippen LogP contribution in [-0.2, 0) is 19.1 Å². The molecule has 38 heavy (non-hydrogen) atoms. The Kier molecular flexibility index (Phi) is 11.4. The Morgan fingerprint density at radius 2 is 1.68 bits per heavy atom. The lowest BCUT2D eigenvalue weighted by atomic mass is 9.93. The van der Waals surface area contributed by atoms with Gasteiger partial charge in [-0.1, -0.05) is 50.6 Å². The Morgan fingerprint density at radius 3 is 2.29 bits per heavy atom. The van der Waals surface area contributed by atoms with Crippen LogP contribution < -0.4 is 19.7 Å². The summed E-state index contributed by atoms with van der Waals surface area (Å²) >= 11 is 6.39. The van der Waals surface area contributed by atoms with E-state index in [4.69, 9.17) is 25.8 Å². The molecule has 0 unspecified atom stereocenters. The number of nitrogens with zero attached hydrogens (tertiary/aromatic N) is 1. The molecule has 2 aromatic carbocycles. The maximum absolute atomic E-state index is 13.6. The molecule has 0 spiro atoms. The predicted octanol–water partition coefficient (Wildman–Crippen LogP) is 4.28. The fraction of sp³-hybridized carbons (Fsp3) is 0.464. The number of hydrogen-bond acceptors (Lipinski definition) is 7. The molecule has 2 amide bonds. The SMILES string of the molecule is CCOC(=O)CNC(=O)CCC(=O)N(CC(C)(C)C)c1c(OC)cc(Cl)cc1[C@H](O)c1ccccc1OC. The zero-order valence-corrected chi connectivity index (χ0v) is 23.6. The number of rotatable bonds is 12. The van der Waals surface area contributed by atoms with Crippen LogP contribution in [0.3, 0.4) is 0 Å². The quantitative estimate of drug-likeness (QED) is 0.380. The third kappa shape index (κ3) is 8.63. The Hall–Kier alpha value is -3.30. The van der Waals surface area contributed by atoms with Crippen molar-refractivity contribution in [3.8, 4) is 11.5 Å². The second-order valence-electron chi connectivity index (χ2n) is 9.81. The van der Waals surface area contributed by atoms with Gasteiger partial charge in [-0.15, -0.1) is 0 Å². The van der Waals surface area contributed by atoms with E-state index in [1.165, 1.54) is 19.1 Å². The maximum atomic E-state index is 13.6. The van der Waals surface area contributed by atoms with Gasteiger partial charge in [-0.3, -0.25) is 14.4 Å². The van der Waals surface area contributed by atoms with Crippen LogP contribution in [0.1, 0.15) is 57.8 Å². The Labute approximate surface area is 229 Å². The number of carbonyl (C=O) groups excluding carboxylic acids is 3. The molecule has 208 valence electrons. The first-order valence-electron chi connectivity index (χ1n) is 12.3. The first-order chi connectivity index (χ1) is 17.9. The van der Waals surface area contributed by atoms with Crippen molar-refractivity contribution in [1.29, 1.82) is 0 Å². The number of anilines is 1. The van der Waals surface area contributed by atoms with Gasteiger partial charge in [0.25, 0.3) is 0 Å². The van der Waals surface area contributed by atoms with Gasteiger partial charge in [0, 0.05) is 41.6 Å². The van der Waals surface area contributed by atoms with Gasteiger partial charge in [-0.25, -0.2) is 0 Å². The maximum Gasteiger partial charge on any atom is 0.325 e. The summed E-state index contributed by atoms with van der Waals surface area (Å²) in [7, 11) is 2.96. The van der Waals surface area contributed by atoms with Crippen LogP contribution in [0.2, 0.25) is 5.02 Å². The summed E-state index contributed by atoms with van der Waals surface area (Å²) < 4.78 is 15.9. The highest BCUT2D eigenvalue weighted by Gasteiger charge is 2.31. The molecule has 2 aromatic rings. The van der Waals surface area contributed by atoms with Crippen LogP contribution in [0.15, 0.2) is 36.4 Å². The number of methoxy groups -OCH3 is 2. The zero-order valence-electron chi connectivity index (χ0n) is 22.8. The molecule has 0 aliphatic rings. The first-order valence-corrected chi connectivity index (χ1v) is 12.7. The molecule has 0 saturated carbocycles. The average Bonchev–Trinajstić information content (AvgIpc) is 2.87. The van der Waals surface area contributed by atoms with Gasteiger partial charge < -0.3 is 29.5 Å². The summed E-state index contributed by atoms with van der Waals surface area (Å²) in [6.45, 7) is 7.79. The molecule has 9 nitrogen and oxygen atoms in total. The van der Waals surface area contributed by atoms with Crippen LogP contribution in [-0.4, -0.2) is 56.8 Å². The summed E-state index contributed by atoms with van der Waals surface area (Å²) in [6, 6.07) is 10.2. The molecule has 2 rings (SSSR count). The van der Waals surface area contributed by atoms with E-state index in [2.05, 4.69) is 5.32 Å². The summed E-state index contributed by atoms with van der Waals surface area (Å²) in [6.07, 6.45) is -1.48. The number of nitrogens with one attached hydrogen (secondary N) is 1. The lowest BCUT2D eigenvalue weighted by Crippen LogP contribution is -2.40. The number of amides is 2. The highest BCUT2D eigenvalue weighted by atomic mass is 35.5. The van der Waals surface area contributed by atoms with E-state index in [0.29, 0.717) is 33.3 Å². The second-order valence-corrected chi connectivity index (χ2v) is 10.2. The molecule has 0 aliphatic carbocycles. The van der Waals surface area contributed by atoms with Crippen LogP contribution in [0.4, 0.5) is 5.69 Å². The summed E-state index contributed by atoms with van der Waals surface area (Å²) in [5.74, 6) is -0.607. The standard InChI is InChI=1S/C28H37ClN2O7/c1-7-38-25(34)16-30-23(32)12-13-24(33)31(17-28(2,3)4)26-20(14-18(29)15-22(26)37-6)27(35)19-10-8-9-11-21(19)36-5/h8-11,14-15,27,35H,7,12-13,16-17H2,1-6H3,(H,30,32)/t27-/m1/s1. The van der Waals surface area contributed by atoms with Crippen molar-refractivity contribution in [1.82, 2.24) is 5.32 Å². The number of carbonyl (C=O) groups is 3. The number of esters is 1. The fourth-order valence-corrected chi connectivity index (χ4v) is 4.12. The van der Waals surface area contributed by atoms with Crippen LogP contribution >= 0.6 is 11.6 Å². The van der Waals surface area contributed by atoms with Crippen molar-refractivity contribution >= 4 is 35.1 Å². The van der Waals surface area contributed by atoms with E-state index in [1.807, 2.05) is 20.8 Å². The number of hydrogen-bond donors (Lipinski definition) is 2. The minimum atomic E-state index is -1.20. The van der Waals surface area contributed by atoms with Gasteiger partial charge in [0.15, 0.2) is 0 Å². The molecule has 10 heteroatoms. The summed E-state index contributed by atoms with van der Waals surface area (Å²) in [5, 5.41) is 14.3. The van der Waals surface area contributed by atoms with E-state index in [1.54, 1.807) is 43.3 Å². The van der Waals surface area contributed by atoms with E-state index in [9.17, 15) is 19.5 Å². The van der Waals surface area contributed by atoms with E-state index in [-0.39, 0.29) is 43.9 Å². The molecular formula is C28H37ClN2O7. The Morgan fingerprint density at radius 1 is 1.03 bits per heavy atom. The van der Waals surface area contributed by atoms with Gasteiger partial charge in [-0.2, -0.15) is 0 Å². The van der Waals surface area contributed by atoms with Crippen molar-refractivity contribution in [3.63, 3.8) is 0 Å². The van der Waals surface area contributed by atoms with Crippen molar-refractivity contribution < 1.29 is 33.7 Å². The fourth-order valence-electron chi connectivity index (χ4n) is 3.90. The van der Waals surface area contributed by atoms with E-state index in [0.717, 1.165) is 0 Å². The predicted molar refractivity (Wildman–Crippen MR) is 146 cm³/mol. The summed E-state index contributed by atoms with van der Waals surface area (Å²) in [5.41, 5.74) is 0.839. The molecule has 0 bridgehead atoms. The lowest BCUT2D eigenvalue weighted by molar-refractivity contribution is -0.143. The minimum absolute atomic E-state index is 0.138. The van der Waals surface area contributed by atoms with Gasteiger partial charge in [-0.05, 0) is 24.5 Å². The zero-order chi connectivity index (χ0) is 28.5. The highest BCUT2D eigenvalue weighted by Crippen LogP contribution is 2.43. The number of aliphatic hydroxyl groups is 1. The molecule has 0 heterocycles. The highest BCUT2D eigenvalue weighted by molar-refractivity contribution is 6.31. The van der Waals surface area contributed by atoms with Crippen molar-refractivity contribution in [2.75, 3.05) is 38.8 Å². The first kappa shape index (κ1) is 30.9. The van der Waals surface area contributed by atoms with Crippen LogP contribution in [0.5, 0.6) is 11.5 Å². The van der Waals surface area contributed by atoms with Gasteiger partial charge >= 0.3 is 5.97 Å². The molecular weight excluding hydrogens is 512 g/mol. The number of aliphatic hydroxyl groups excluding tert-OH is 1. The number of benzene rings is 2. The van der Waals surface area contributed by atoms with Crippen LogP contribution in [0, 0.1) is 5.41 Å². The second kappa shape index (κ2) is 14.0. The Balaban J connectivity index is 2.48. The number of ether oxygens (including phenoxy) is 3. The molecule has 1 atom stereocenters. The van der Waals surface area contributed by atoms with Crippen molar-refractivity contribution in [2.24, 2.45) is 5.41 Å². The molecule has 2 N–H and O–H groups in total. The molecule has 0 aliphatic heterocycles.